The molecule has 2 aromatic heterocycles. The third-order valence-electron chi connectivity index (χ3n) is 6.35. The minimum Gasteiger partial charge on any atom is -0.415 e. The third-order valence-corrected chi connectivity index (χ3v) is 12.7. The summed E-state index contributed by atoms with van der Waals surface area (Å²) < 4.78 is 7.49. The highest BCUT2D eigenvalue weighted by Gasteiger charge is 2.37. The molecule has 2 heterocycles. The number of nitrogens with two attached hydrogens (primary N) is 1. The number of thiazole rings is 1. The van der Waals surface area contributed by atoms with Crippen molar-refractivity contribution in [1.29, 1.82) is 0 Å². The maximum absolute atomic E-state index is 6.59. The van der Waals surface area contributed by atoms with Crippen molar-refractivity contribution in [1.82, 2.24) is 15.0 Å². The van der Waals surface area contributed by atoms with Crippen molar-refractivity contribution in [3.05, 3.63) is 35.9 Å². The molecule has 34 heavy (non-hydrogen) atoms. The lowest BCUT2D eigenvalue weighted by Crippen LogP contribution is -2.44. The molecule has 0 aliphatic heterocycles. The Labute approximate surface area is 213 Å². The van der Waals surface area contributed by atoms with Crippen LogP contribution < -0.4 is 11.1 Å². The van der Waals surface area contributed by atoms with E-state index in [1.54, 1.807) is 11.8 Å². The van der Waals surface area contributed by atoms with Crippen LogP contribution in [0.3, 0.4) is 0 Å². The number of benzene rings is 1. The second-order valence-electron chi connectivity index (χ2n) is 10.8. The molecule has 3 rings (SSSR count). The number of aromatic nitrogens is 3. The summed E-state index contributed by atoms with van der Waals surface area (Å²) in [6, 6.07) is 10.6. The standard InChI is InChI=1S/C25H39N5OS2Si/c1-16(2)14-19(15-31-34(7,8)25(4,5)6)27-21-20-22(28-23(26)33-20)30-24(29-21)32-17(3)18-12-10-9-11-13-18/h9-13,16-17,19H,14-15H2,1-8H3,(H3,26,27,28,29,30)/t17-,19+/m0/s1. The highest BCUT2D eigenvalue weighted by molar-refractivity contribution is 7.99. The van der Waals surface area contributed by atoms with Crippen molar-refractivity contribution < 1.29 is 4.43 Å². The molecule has 0 saturated carbocycles. The molecule has 0 bridgehead atoms. The summed E-state index contributed by atoms with van der Waals surface area (Å²) >= 11 is 3.06. The molecule has 0 aliphatic carbocycles. The quantitative estimate of drug-likeness (QED) is 0.165. The van der Waals surface area contributed by atoms with E-state index in [-0.39, 0.29) is 16.3 Å². The van der Waals surface area contributed by atoms with Gasteiger partial charge in [-0.25, -0.2) is 15.0 Å². The van der Waals surface area contributed by atoms with Crippen LogP contribution in [0.15, 0.2) is 35.5 Å². The van der Waals surface area contributed by atoms with Crippen LogP contribution in [0.2, 0.25) is 18.1 Å². The first-order valence-electron chi connectivity index (χ1n) is 11.9. The topological polar surface area (TPSA) is 86.0 Å². The molecule has 0 aliphatic rings. The van der Waals surface area contributed by atoms with Crippen LogP contribution in [0.5, 0.6) is 0 Å². The Bertz CT molecular complexity index is 1080. The normalized spacial score (nSPS) is 14.5. The number of nitrogens with one attached hydrogen (secondary N) is 1. The van der Waals surface area contributed by atoms with Gasteiger partial charge in [-0.05, 0) is 43.0 Å². The van der Waals surface area contributed by atoms with E-state index in [1.807, 2.05) is 6.07 Å². The summed E-state index contributed by atoms with van der Waals surface area (Å²) in [5.41, 5.74) is 7.95. The molecule has 0 fully saturated rings. The number of rotatable bonds is 10. The Morgan fingerprint density at radius 1 is 1.09 bits per heavy atom. The zero-order chi connectivity index (χ0) is 25.1. The monoisotopic (exact) mass is 517 g/mol. The van der Waals surface area contributed by atoms with Gasteiger partial charge in [-0.15, -0.1) is 0 Å². The second kappa shape index (κ2) is 10.9. The highest BCUT2D eigenvalue weighted by Crippen LogP contribution is 2.38. The fourth-order valence-electron chi connectivity index (χ4n) is 3.38. The van der Waals surface area contributed by atoms with E-state index in [0.717, 1.165) is 16.9 Å². The maximum Gasteiger partial charge on any atom is 0.192 e. The number of hydrogen-bond acceptors (Lipinski definition) is 8. The van der Waals surface area contributed by atoms with E-state index in [4.69, 9.17) is 20.1 Å². The fraction of sp³-hybridized carbons (Fsp3) is 0.560. The van der Waals surface area contributed by atoms with Crippen LogP contribution in [-0.2, 0) is 4.43 Å². The van der Waals surface area contributed by atoms with E-state index in [0.29, 0.717) is 28.5 Å². The zero-order valence-corrected chi connectivity index (χ0v) is 24.3. The van der Waals surface area contributed by atoms with E-state index in [1.165, 1.54) is 16.9 Å². The van der Waals surface area contributed by atoms with Crippen LogP contribution in [0.4, 0.5) is 10.9 Å². The van der Waals surface area contributed by atoms with Gasteiger partial charge in [-0.2, -0.15) is 0 Å². The summed E-state index contributed by atoms with van der Waals surface area (Å²) in [6.45, 7) is 18.7. The predicted molar refractivity (Wildman–Crippen MR) is 150 cm³/mol. The number of nitrogen functional groups attached to an aromatic ring is 1. The van der Waals surface area contributed by atoms with Crippen molar-refractivity contribution in [2.75, 3.05) is 17.7 Å². The number of nitrogens with zero attached hydrogens (tertiary/aromatic N) is 3. The Kier molecular flexibility index (Phi) is 8.65. The summed E-state index contributed by atoms with van der Waals surface area (Å²) in [6.07, 6.45) is 0.983. The van der Waals surface area contributed by atoms with Crippen LogP contribution in [0.25, 0.3) is 10.3 Å². The first-order valence-corrected chi connectivity index (χ1v) is 16.5. The first-order chi connectivity index (χ1) is 15.9. The minimum atomic E-state index is -1.86. The smallest absolute Gasteiger partial charge is 0.192 e. The molecule has 9 heteroatoms. The molecule has 1 aromatic carbocycles. The van der Waals surface area contributed by atoms with Gasteiger partial charge in [0.05, 0.1) is 6.61 Å². The van der Waals surface area contributed by atoms with Gasteiger partial charge >= 0.3 is 0 Å². The van der Waals surface area contributed by atoms with E-state index in [2.05, 4.69) is 89.2 Å². The van der Waals surface area contributed by atoms with Crippen LogP contribution >= 0.6 is 23.1 Å². The molecule has 186 valence electrons. The van der Waals surface area contributed by atoms with Crippen molar-refractivity contribution in [3.8, 4) is 0 Å². The fourth-order valence-corrected chi connectivity index (χ4v) is 6.05. The molecular weight excluding hydrogens is 479 g/mol. The number of fused-ring (bicyclic) bond motifs is 1. The summed E-state index contributed by atoms with van der Waals surface area (Å²) in [4.78, 5) is 14.1. The molecule has 0 radical (unpaired) electrons. The lowest BCUT2D eigenvalue weighted by atomic mass is 10.0. The lowest BCUT2D eigenvalue weighted by Gasteiger charge is -2.37. The Hall–Kier alpha value is -1.68. The summed E-state index contributed by atoms with van der Waals surface area (Å²) in [7, 11) is -1.86. The highest BCUT2D eigenvalue weighted by atomic mass is 32.2. The van der Waals surface area contributed by atoms with E-state index >= 15 is 0 Å². The Balaban J connectivity index is 1.87. The molecule has 0 unspecified atom stereocenters. The van der Waals surface area contributed by atoms with Gasteiger partial charge in [0.2, 0.25) is 0 Å². The number of hydrogen-bond donors (Lipinski definition) is 2. The maximum atomic E-state index is 6.59. The SMILES string of the molecule is CC(C)C[C@H](CO[Si](C)(C)C(C)(C)C)Nc1nc(S[C@@H](C)c2ccccc2)nc2nc(N)sc12. The van der Waals surface area contributed by atoms with Gasteiger partial charge < -0.3 is 15.5 Å². The number of anilines is 2. The second-order valence-corrected chi connectivity index (χ2v) is 17.9. The molecule has 3 N–H and O–H groups in total. The minimum absolute atomic E-state index is 0.139. The lowest BCUT2D eigenvalue weighted by molar-refractivity contribution is 0.257. The molecule has 3 aromatic rings. The molecule has 0 saturated heterocycles. The van der Waals surface area contributed by atoms with Gasteiger partial charge in [-0.1, -0.05) is 88.0 Å². The zero-order valence-electron chi connectivity index (χ0n) is 21.7. The van der Waals surface area contributed by atoms with Crippen LogP contribution in [0.1, 0.15) is 58.8 Å². The van der Waals surface area contributed by atoms with Gasteiger partial charge in [0.15, 0.2) is 30.1 Å². The average Bonchev–Trinajstić information content (AvgIpc) is 3.12. The van der Waals surface area contributed by atoms with Crippen LogP contribution in [0, 0.1) is 5.92 Å². The van der Waals surface area contributed by atoms with Crippen molar-refractivity contribution in [3.63, 3.8) is 0 Å². The number of thioether (sulfide) groups is 1. The molecular formula is C25H39N5OS2Si. The summed E-state index contributed by atoms with van der Waals surface area (Å²) in [5.74, 6) is 1.32. The van der Waals surface area contributed by atoms with Crippen LogP contribution in [-0.4, -0.2) is 35.9 Å². The van der Waals surface area contributed by atoms with Gasteiger partial charge in [-0.3, -0.25) is 0 Å². The summed E-state index contributed by atoms with van der Waals surface area (Å²) in [5, 5.41) is 5.28. The average molecular weight is 518 g/mol. The third kappa shape index (κ3) is 6.93. The van der Waals surface area contributed by atoms with Crippen molar-refractivity contribution >= 4 is 52.7 Å². The molecule has 0 spiro atoms. The van der Waals surface area contributed by atoms with Crippen molar-refractivity contribution in [2.24, 2.45) is 5.92 Å². The van der Waals surface area contributed by atoms with Gasteiger partial charge in [0.25, 0.3) is 0 Å². The molecule has 6 nitrogen and oxygen atoms in total. The molecule has 0 amide bonds. The van der Waals surface area contributed by atoms with E-state index < -0.39 is 8.32 Å². The Morgan fingerprint density at radius 2 is 1.76 bits per heavy atom. The van der Waals surface area contributed by atoms with Gasteiger partial charge in [0, 0.05) is 11.3 Å². The van der Waals surface area contributed by atoms with E-state index in [9.17, 15) is 0 Å². The van der Waals surface area contributed by atoms with Gasteiger partial charge in [0.1, 0.15) is 4.70 Å². The predicted octanol–water partition coefficient (Wildman–Crippen LogP) is 7.37. The first kappa shape index (κ1) is 26.9. The van der Waals surface area contributed by atoms with Crippen molar-refractivity contribution in [2.45, 2.75) is 82.5 Å². The molecule has 2 atom stereocenters. The Morgan fingerprint density at radius 3 is 2.38 bits per heavy atom. The largest absolute Gasteiger partial charge is 0.415 e.